The number of hydrogen-bond acceptors (Lipinski definition) is 4. The standard InChI is InChI=1S/C17H19NO3/c1-12-7-8-13-5-3-4-6-15(13)18(12)11-14-9-10-21-16(14)17(19)20-2/h3-6,9-10,12H,7-8,11H2,1-2H3. The third-order valence-electron chi connectivity index (χ3n) is 4.12. The molecule has 2 aromatic rings. The molecule has 1 atom stereocenters. The zero-order valence-corrected chi connectivity index (χ0v) is 12.3. The maximum atomic E-state index is 11.7. The zero-order chi connectivity index (χ0) is 14.8. The number of rotatable bonds is 3. The number of hydrogen-bond donors (Lipinski definition) is 0. The first-order valence-corrected chi connectivity index (χ1v) is 7.20. The van der Waals surface area contributed by atoms with Gasteiger partial charge in [0, 0.05) is 23.8 Å². The molecule has 21 heavy (non-hydrogen) atoms. The molecule has 0 radical (unpaired) electrons. The molecular weight excluding hydrogens is 266 g/mol. The van der Waals surface area contributed by atoms with E-state index in [1.54, 1.807) is 6.26 Å². The van der Waals surface area contributed by atoms with Crippen LogP contribution in [0.3, 0.4) is 0 Å². The Balaban J connectivity index is 1.91. The number of aryl methyl sites for hydroxylation is 1. The van der Waals surface area contributed by atoms with E-state index in [0.717, 1.165) is 18.4 Å². The predicted molar refractivity (Wildman–Crippen MR) is 80.5 cm³/mol. The molecule has 1 aromatic carbocycles. The first kappa shape index (κ1) is 13.7. The Kier molecular flexibility index (Phi) is 3.69. The van der Waals surface area contributed by atoms with Gasteiger partial charge < -0.3 is 14.1 Å². The zero-order valence-electron chi connectivity index (χ0n) is 12.3. The van der Waals surface area contributed by atoms with Crippen molar-refractivity contribution in [2.45, 2.75) is 32.4 Å². The molecule has 2 heterocycles. The van der Waals surface area contributed by atoms with Crippen molar-refractivity contribution >= 4 is 11.7 Å². The molecule has 0 saturated carbocycles. The van der Waals surface area contributed by atoms with Gasteiger partial charge in [-0.1, -0.05) is 18.2 Å². The summed E-state index contributed by atoms with van der Waals surface area (Å²) in [5.41, 5.74) is 3.47. The number of carbonyl (C=O) groups excluding carboxylic acids is 1. The Morgan fingerprint density at radius 3 is 3.00 bits per heavy atom. The summed E-state index contributed by atoms with van der Waals surface area (Å²) in [6.45, 7) is 2.87. The smallest absolute Gasteiger partial charge is 0.374 e. The van der Waals surface area contributed by atoms with Crippen LogP contribution in [0.15, 0.2) is 41.0 Å². The Morgan fingerprint density at radius 2 is 2.19 bits per heavy atom. The molecule has 0 N–H and O–H groups in total. The Hall–Kier alpha value is -2.23. The van der Waals surface area contributed by atoms with Crippen molar-refractivity contribution in [2.75, 3.05) is 12.0 Å². The van der Waals surface area contributed by atoms with E-state index < -0.39 is 5.97 Å². The third kappa shape index (κ3) is 2.53. The second kappa shape index (κ2) is 5.64. The fraction of sp³-hybridized carbons (Fsp3) is 0.353. The molecule has 3 rings (SSSR count). The summed E-state index contributed by atoms with van der Waals surface area (Å²) < 4.78 is 10.1. The topological polar surface area (TPSA) is 42.7 Å². The molecule has 0 saturated heterocycles. The molecule has 0 bridgehead atoms. The quantitative estimate of drug-likeness (QED) is 0.811. The molecule has 1 aliphatic rings. The SMILES string of the molecule is COC(=O)c1occc1CN1c2ccccc2CCC1C. The number of carbonyl (C=O) groups is 1. The Morgan fingerprint density at radius 1 is 1.38 bits per heavy atom. The Labute approximate surface area is 124 Å². The number of methoxy groups -OCH3 is 1. The van der Waals surface area contributed by atoms with Gasteiger partial charge in [-0.2, -0.15) is 0 Å². The predicted octanol–water partition coefficient (Wildman–Crippen LogP) is 3.41. The highest BCUT2D eigenvalue weighted by molar-refractivity contribution is 5.88. The van der Waals surface area contributed by atoms with E-state index in [9.17, 15) is 4.79 Å². The van der Waals surface area contributed by atoms with Crippen molar-refractivity contribution in [3.8, 4) is 0 Å². The largest absolute Gasteiger partial charge is 0.463 e. The molecule has 0 amide bonds. The van der Waals surface area contributed by atoms with Gasteiger partial charge in [0.25, 0.3) is 0 Å². The summed E-state index contributed by atoms with van der Waals surface area (Å²) in [5.74, 6) is -0.124. The molecular formula is C17H19NO3. The van der Waals surface area contributed by atoms with Gasteiger partial charge in [0.15, 0.2) is 0 Å². The van der Waals surface area contributed by atoms with E-state index in [1.165, 1.54) is 18.4 Å². The van der Waals surface area contributed by atoms with Gasteiger partial charge in [-0.15, -0.1) is 0 Å². The number of benzene rings is 1. The Bertz CT molecular complexity index is 647. The monoisotopic (exact) mass is 285 g/mol. The van der Waals surface area contributed by atoms with E-state index in [-0.39, 0.29) is 0 Å². The van der Waals surface area contributed by atoms with Crippen LogP contribution in [0, 0.1) is 0 Å². The molecule has 1 aliphatic heterocycles. The third-order valence-corrected chi connectivity index (χ3v) is 4.12. The normalized spacial score (nSPS) is 17.4. The van der Waals surface area contributed by atoms with E-state index >= 15 is 0 Å². The fourth-order valence-electron chi connectivity index (χ4n) is 2.92. The number of nitrogens with zero attached hydrogens (tertiary/aromatic N) is 1. The molecule has 4 heteroatoms. The van der Waals surface area contributed by atoms with Gasteiger partial charge in [0.2, 0.25) is 5.76 Å². The highest BCUT2D eigenvalue weighted by Gasteiger charge is 2.25. The van der Waals surface area contributed by atoms with Crippen molar-refractivity contribution < 1.29 is 13.9 Å². The maximum Gasteiger partial charge on any atom is 0.374 e. The summed E-state index contributed by atoms with van der Waals surface area (Å²) in [7, 11) is 1.37. The van der Waals surface area contributed by atoms with E-state index in [0.29, 0.717) is 18.3 Å². The minimum atomic E-state index is -0.423. The number of para-hydroxylation sites is 1. The van der Waals surface area contributed by atoms with Crippen LogP contribution in [0.25, 0.3) is 0 Å². The van der Waals surface area contributed by atoms with Crippen molar-refractivity contribution in [3.05, 3.63) is 53.5 Å². The molecule has 4 nitrogen and oxygen atoms in total. The summed E-state index contributed by atoms with van der Waals surface area (Å²) in [5, 5.41) is 0. The van der Waals surface area contributed by atoms with Gasteiger partial charge in [-0.05, 0) is 37.5 Å². The lowest BCUT2D eigenvalue weighted by Gasteiger charge is -2.37. The first-order chi connectivity index (χ1) is 10.2. The number of fused-ring (bicyclic) bond motifs is 1. The lowest BCUT2D eigenvalue weighted by atomic mass is 9.96. The lowest BCUT2D eigenvalue weighted by molar-refractivity contribution is 0.0563. The average molecular weight is 285 g/mol. The molecule has 1 aromatic heterocycles. The van der Waals surface area contributed by atoms with Crippen LogP contribution in [-0.2, 0) is 17.7 Å². The van der Waals surface area contributed by atoms with Gasteiger partial charge in [0.05, 0.1) is 13.4 Å². The minimum absolute atomic E-state index is 0.299. The van der Waals surface area contributed by atoms with E-state index in [2.05, 4.69) is 36.1 Å². The maximum absolute atomic E-state index is 11.7. The summed E-state index contributed by atoms with van der Waals surface area (Å²) in [6.07, 6.45) is 3.76. The van der Waals surface area contributed by atoms with Crippen LogP contribution < -0.4 is 4.90 Å². The van der Waals surface area contributed by atoms with Crippen LogP contribution in [0.4, 0.5) is 5.69 Å². The number of anilines is 1. The highest BCUT2D eigenvalue weighted by atomic mass is 16.5. The summed E-state index contributed by atoms with van der Waals surface area (Å²) in [4.78, 5) is 14.1. The average Bonchev–Trinajstić information content (AvgIpc) is 2.97. The molecule has 0 aliphatic carbocycles. The van der Waals surface area contributed by atoms with Crippen molar-refractivity contribution in [1.82, 2.24) is 0 Å². The molecule has 110 valence electrons. The highest BCUT2D eigenvalue weighted by Crippen LogP contribution is 2.32. The van der Waals surface area contributed by atoms with E-state index in [1.807, 2.05) is 6.07 Å². The summed E-state index contributed by atoms with van der Waals surface area (Å²) >= 11 is 0. The van der Waals surface area contributed by atoms with Crippen LogP contribution in [0.1, 0.15) is 35.0 Å². The number of ether oxygens (including phenoxy) is 1. The van der Waals surface area contributed by atoms with Gasteiger partial charge in [0.1, 0.15) is 0 Å². The second-order valence-electron chi connectivity index (χ2n) is 5.41. The lowest BCUT2D eigenvalue weighted by Crippen LogP contribution is -2.36. The van der Waals surface area contributed by atoms with E-state index in [4.69, 9.17) is 9.15 Å². The molecule has 0 fully saturated rings. The fourth-order valence-corrected chi connectivity index (χ4v) is 2.92. The van der Waals surface area contributed by atoms with Crippen LogP contribution in [0.2, 0.25) is 0 Å². The number of furan rings is 1. The molecule has 1 unspecified atom stereocenters. The number of esters is 1. The minimum Gasteiger partial charge on any atom is -0.463 e. The van der Waals surface area contributed by atoms with Crippen LogP contribution in [-0.4, -0.2) is 19.1 Å². The second-order valence-corrected chi connectivity index (χ2v) is 5.41. The van der Waals surface area contributed by atoms with Crippen molar-refractivity contribution in [1.29, 1.82) is 0 Å². The van der Waals surface area contributed by atoms with Crippen molar-refractivity contribution in [3.63, 3.8) is 0 Å². The first-order valence-electron chi connectivity index (χ1n) is 7.20. The van der Waals surface area contributed by atoms with Crippen molar-refractivity contribution in [2.24, 2.45) is 0 Å². The van der Waals surface area contributed by atoms with Gasteiger partial charge in [-0.3, -0.25) is 0 Å². The summed E-state index contributed by atoms with van der Waals surface area (Å²) in [6, 6.07) is 10.7. The molecule has 0 spiro atoms. The van der Waals surface area contributed by atoms with Crippen LogP contribution >= 0.6 is 0 Å². The van der Waals surface area contributed by atoms with Gasteiger partial charge in [-0.25, -0.2) is 4.79 Å². The van der Waals surface area contributed by atoms with Crippen LogP contribution in [0.5, 0.6) is 0 Å². The van der Waals surface area contributed by atoms with Gasteiger partial charge >= 0.3 is 5.97 Å².